The zero-order chi connectivity index (χ0) is 14.5. The molecule has 0 spiro atoms. The van der Waals surface area contributed by atoms with Gasteiger partial charge >= 0.3 is 0 Å². The Bertz CT molecular complexity index is 473. The Hall–Kier alpha value is -1.49. The topological polar surface area (TPSA) is 72.1 Å². The Kier molecular flexibility index (Phi) is 5.06. The van der Waals surface area contributed by atoms with Crippen molar-refractivity contribution in [3.8, 4) is 0 Å². The fourth-order valence-corrected chi connectivity index (χ4v) is 2.85. The van der Waals surface area contributed by atoms with Crippen LogP contribution in [0.2, 0.25) is 0 Å². The number of nitrogens with two attached hydrogens (primary N) is 1. The number of aryl methyl sites for hydroxylation is 2. The zero-order valence-electron chi connectivity index (χ0n) is 12.4. The monoisotopic (exact) mass is 276 g/mol. The minimum Gasteiger partial charge on any atom is -0.338 e. The molecule has 1 aliphatic rings. The van der Waals surface area contributed by atoms with Crippen molar-refractivity contribution in [1.29, 1.82) is 0 Å². The number of amides is 1. The van der Waals surface area contributed by atoms with Crippen LogP contribution >= 0.6 is 0 Å². The molecule has 0 aromatic carbocycles. The standard InChI is InChI=1S/C15H24N4O/c1-3-14-13(9-11(2)17-18-14)15(20)19-8-4-5-12(10-19)6-7-16/h9,12H,3-8,10,16H2,1-2H3. The molecule has 1 atom stereocenters. The van der Waals surface area contributed by atoms with Crippen molar-refractivity contribution in [2.75, 3.05) is 19.6 Å². The van der Waals surface area contributed by atoms with Crippen LogP contribution in [0.5, 0.6) is 0 Å². The maximum atomic E-state index is 12.7. The van der Waals surface area contributed by atoms with Crippen molar-refractivity contribution in [2.45, 2.75) is 39.5 Å². The van der Waals surface area contributed by atoms with E-state index >= 15 is 0 Å². The first-order valence-corrected chi connectivity index (χ1v) is 7.48. The van der Waals surface area contributed by atoms with E-state index in [9.17, 15) is 4.79 Å². The van der Waals surface area contributed by atoms with Crippen LogP contribution in [0.15, 0.2) is 6.07 Å². The molecule has 0 bridgehead atoms. The van der Waals surface area contributed by atoms with Gasteiger partial charge in [0.05, 0.1) is 17.0 Å². The summed E-state index contributed by atoms with van der Waals surface area (Å²) in [6, 6.07) is 1.86. The van der Waals surface area contributed by atoms with E-state index in [1.54, 1.807) is 0 Å². The van der Waals surface area contributed by atoms with Crippen molar-refractivity contribution >= 4 is 5.91 Å². The number of carbonyl (C=O) groups is 1. The Morgan fingerprint density at radius 3 is 3.00 bits per heavy atom. The predicted molar refractivity (Wildman–Crippen MR) is 78.4 cm³/mol. The molecule has 0 aliphatic carbocycles. The van der Waals surface area contributed by atoms with Gasteiger partial charge in [0.25, 0.3) is 5.91 Å². The number of carbonyl (C=O) groups excluding carboxylic acids is 1. The van der Waals surface area contributed by atoms with Gasteiger partial charge in [0, 0.05) is 13.1 Å². The van der Waals surface area contributed by atoms with Crippen LogP contribution < -0.4 is 5.73 Å². The SMILES string of the molecule is CCc1nnc(C)cc1C(=O)N1CCCC(CCN)C1. The second-order valence-electron chi connectivity index (χ2n) is 5.54. The quantitative estimate of drug-likeness (QED) is 0.905. The van der Waals surface area contributed by atoms with E-state index in [4.69, 9.17) is 5.73 Å². The Labute approximate surface area is 120 Å². The molecule has 0 saturated carbocycles. The molecular formula is C15H24N4O. The summed E-state index contributed by atoms with van der Waals surface area (Å²) in [5.74, 6) is 0.639. The first kappa shape index (κ1) is 14.9. The van der Waals surface area contributed by atoms with Gasteiger partial charge in [-0.15, -0.1) is 0 Å². The lowest BCUT2D eigenvalue weighted by atomic mass is 9.94. The number of piperidine rings is 1. The summed E-state index contributed by atoms with van der Waals surface area (Å²) in [6.45, 7) is 6.23. The Morgan fingerprint density at radius 2 is 2.30 bits per heavy atom. The van der Waals surface area contributed by atoms with Crippen molar-refractivity contribution in [2.24, 2.45) is 11.7 Å². The normalized spacial score (nSPS) is 19.1. The van der Waals surface area contributed by atoms with Crippen molar-refractivity contribution in [1.82, 2.24) is 15.1 Å². The van der Waals surface area contributed by atoms with E-state index in [-0.39, 0.29) is 5.91 Å². The van der Waals surface area contributed by atoms with Crippen LogP contribution in [-0.4, -0.2) is 40.6 Å². The summed E-state index contributed by atoms with van der Waals surface area (Å²) in [4.78, 5) is 14.7. The van der Waals surface area contributed by atoms with Crippen LogP contribution in [0.4, 0.5) is 0 Å². The lowest BCUT2D eigenvalue weighted by molar-refractivity contribution is 0.0667. The Morgan fingerprint density at radius 1 is 1.50 bits per heavy atom. The molecule has 20 heavy (non-hydrogen) atoms. The lowest BCUT2D eigenvalue weighted by Gasteiger charge is -2.33. The smallest absolute Gasteiger partial charge is 0.255 e. The van der Waals surface area contributed by atoms with Gasteiger partial charge in [0.1, 0.15) is 0 Å². The van der Waals surface area contributed by atoms with E-state index in [1.807, 2.05) is 24.8 Å². The van der Waals surface area contributed by atoms with E-state index in [0.29, 0.717) is 18.0 Å². The number of hydrogen-bond donors (Lipinski definition) is 1. The van der Waals surface area contributed by atoms with Crippen LogP contribution in [0.3, 0.4) is 0 Å². The summed E-state index contributed by atoms with van der Waals surface area (Å²) < 4.78 is 0. The molecule has 1 unspecified atom stereocenters. The molecule has 1 saturated heterocycles. The lowest BCUT2D eigenvalue weighted by Crippen LogP contribution is -2.41. The third-order valence-electron chi connectivity index (χ3n) is 3.94. The highest BCUT2D eigenvalue weighted by Crippen LogP contribution is 2.21. The molecule has 1 fully saturated rings. The molecular weight excluding hydrogens is 252 g/mol. The minimum atomic E-state index is 0.0987. The van der Waals surface area contributed by atoms with Crippen molar-refractivity contribution < 1.29 is 4.79 Å². The molecule has 5 heteroatoms. The van der Waals surface area contributed by atoms with Gasteiger partial charge in [0.2, 0.25) is 0 Å². The molecule has 2 heterocycles. The van der Waals surface area contributed by atoms with Gasteiger partial charge in [-0.3, -0.25) is 4.79 Å². The van der Waals surface area contributed by atoms with Gasteiger partial charge in [-0.25, -0.2) is 0 Å². The van der Waals surface area contributed by atoms with E-state index in [2.05, 4.69) is 10.2 Å². The summed E-state index contributed by atoms with van der Waals surface area (Å²) in [5.41, 5.74) is 7.94. The highest BCUT2D eigenvalue weighted by molar-refractivity contribution is 5.95. The number of nitrogens with zero attached hydrogens (tertiary/aromatic N) is 3. The van der Waals surface area contributed by atoms with Crippen LogP contribution in [0.25, 0.3) is 0 Å². The molecule has 0 radical (unpaired) electrons. The predicted octanol–water partition coefficient (Wildman–Crippen LogP) is 1.55. The average molecular weight is 276 g/mol. The number of aromatic nitrogens is 2. The van der Waals surface area contributed by atoms with E-state index in [0.717, 1.165) is 43.7 Å². The second kappa shape index (κ2) is 6.79. The van der Waals surface area contributed by atoms with Gasteiger partial charge in [0.15, 0.2) is 0 Å². The van der Waals surface area contributed by atoms with Crippen LogP contribution in [0, 0.1) is 12.8 Å². The third-order valence-corrected chi connectivity index (χ3v) is 3.94. The van der Waals surface area contributed by atoms with Crippen LogP contribution in [-0.2, 0) is 6.42 Å². The minimum absolute atomic E-state index is 0.0987. The average Bonchev–Trinajstić information content (AvgIpc) is 2.47. The highest BCUT2D eigenvalue weighted by Gasteiger charge is 2.25. The van der Waals surface area contributed by atoms with Gasteiger partial charge in [-0.2, -0.15) is 10.2 Å². The summed E-state index contributed by atoms with van der Waals surface area (Å²) in [6.07, 6.45) is 3.97. The van der Waals surface area contributed by atoms with Gasteiger partial charge < -0.3 is 10.6 Å². The molecule has 1 amide bonds. The first-order valence-electron chi connectivity index (χ1n) is 7.48. The van der Waals surface area contributed by atoms with E-state index in [1.165, 1.54) is 6.42 Å². The maximum Gasteiger partial charge on any atom is 0.255 e. The molecule has 2 N–H and O–H groups in total. The first-order chi connectivity index (χ1) is 9.65. The molecule has 1 aliphatic heterocycles. The van der Waals surface area contributed by atoms with Crippen molar-refractivity contribution in [3.63, 3.8) is 0 Å². The van der Waals surface area contributed by atoms with Crippen molar-refractivity contribution in [3.05, 3.63) is 23.0 Å². The summed E-state index contributed by atoms with van der Waals surface area (Å²) in [7, 11) is 0. The number of hydrogen-bond acceptors (Lipinski definition) is 4. The Balaban J connectivity index is 2.16. The molecule has 1 aromatic heterocycles. The number of likely N-dealkylation sites (tertiary alicyclic amines) is 1. The molecule has 2 rings (SSSR count). The summed E-state index contributed by atoms with van der Waals surface area (Å²) >= 11 is 0. The summed E-state index contributed by atoms with van der Waals surface area (Å²) in [5, 5.41) is 8.20. The molecule has 1 aromatic rings. The van der Waals surface area contributed by atoms with E-state index < -0.39 is 0 Å². The van der Waals surface area contributed by atoms with Gasteiger partial charge in [-0.05, 0) is 51.1 Å². The third kappa shape index (κ3) is 3.33. The van der Waals surface area contributed by atoms with Gasteiger partial charge in [-0.1, -0.05) is 6.92 Å². The molecule has 110 valence electrons. The molecule has 5 nitrogen and oxygen atoms in total. The second-order valence-corrected chi connectivity index (χ2v) is 5.54. The van der Waals surface area contributed by atoms with Crippen LogP contribution in [0.1, 0.15) is 47.9 Å². The maximum absolute atomic E-state index is 12.7. The highest BCUT2D eigenvalue weighted by atomic mass is 16.2. The fourth-order valence-electron chi connectivity index (χ4n) is 2.85. The number of rotatable bonds is 4. The zero-order valence-corrected chi connectivity index (χ0v) is 12.4. The largest absolute Gasteiger partial charge is 0.338 e. The fraction of sp³-hybridized carbons (Fsp3) is 0.667.